The van der Waals surface area contributed by atoms with Crippen LogP contribution in [-0.2, 0) is 6.42 Å². The van der Waals surface area contributed by atoms with Crippen LogP contribution in [0.1, 0.15) is 44.0 Å². The first kappa shape index (κ1) is 13.3. The molecule has 1 aliphatic carbocycles. The lowest BCUT2D eigenvalue weighted by molar-refractivity contribution is 0.194. The number of aromatic nitrogens is 1. The first-order valence-electron chi connectivity index (χ1n) is 6.71. The van der Waals surface area contributed by atoms with E-state index in [1.807, 2.05) is 6.07 Å². The molecule has 2 rings (SSSR count). The molecule has 4 heteroatoms. The Morgan fingerprint density at radius 1 is 1.50 bits per heavy atom. The molecule has 0 saturated carbocycles. The molecule has 100 valence electrons. The van der Waals surface area contributed by atoms with Crippen LogP contribution in [0.5, 0.6) is 0 Å². The highest BCUT2D eigenvalue weighted by molar-refractivity contribution is 5.26. The van der Waals surface area contributed by atoms with E-state index in [2.05, 4.69) is 24.1 Å². The molecule has 0 aromatic carbocycles. The Labute approximate surface area is 107 Å². The maximum atomic E-state index is 11.3. The number of aliphatic hydroxyl groups excluding tert-OH is 1. The largest absolute Gasteiger partial charge is 0.395 e. The summed E-state index contributed by atoms with van der Waals surface area (Å²) >= 11 is 0. The number of aliphatic hydroxyl groups is 1. The van der Waals surface area contributed by atoms with Crippen molar-refractivity contribution < 1.29 is 5.11 Å². The highest BCUT2D eigenvalue weighted by Gasteiger charge is 2.24. The molecule has 0 saturated heterocycles. The second kappa shape index (κ2) is 5.67. The lowest BCUT2D eigenvalue weighted by Gasteiger charge is -2.31. The van der Waals surface area contributed by atoms with E-state index >= 15 is 0 Å². The van der Waals surface area contributed by atoms with Crippen molar-refractivity contribution in [3.8, 4) is 0 Å². The molecule has 0 spiro atoms. The van der Waals surface area contributed by atoms with E-state index in [0.717, 1.165) is 25.0 Å². The van der Waals surface area contributed by atoms with Gasteiger partial charge in [0.1, 0.15) is 0 Å². The van der Waals surface area contributed by atoms with Gasteiger partial charge in [-0.1, -0.05) is 19.9 Å². The second-order valence-electron chi connectivity index (χ2n) is 5.40. The average molecular weight is 250 g/mol. The number of aryl methyl sites for hydroxylation is 1. The SMILES string of the molecule is CC(C)C(CO)NC1CCCc2[nH]c(=O)ccc21. The number of hydrogen-bond donors (Lipinski definition) is 3. The summed E-state index contributed by atoms with van der Waals surface area (Å²) in [6.45, 7) is 4.35. The van der Waals surface area contributed by atoms with Gasteiger partial charge in [0.05, 0.1) is 6.61 Å². The van der Waals surface area contributed by atoms with Crippen LogP contribution in [0.25, 0.3) is 0 Å². The third kappa shape index (κ3) is 2.82. The summed E-state index contributed by atoms with van der Waals surface area (Å²) in [4.78, 5) is 14.2. The minimum Gasteiger partial charge on any atom is -0.395 e. The van der Waals surface area contributed by atoms with Crippen molar-refractivity contribution >= 4 is 0 Å². The Kier molecular flexibility index (Phi) is 4.19. The van der Waals surface area contributed by atoms with Crippen molar-refractivity contribution in [2.45, 2.75) is 45.2 Å². The maximum absolute atomic E-state index is 11.3. The quantitative estimate of drug-likeness (QED) is 0.756. The van der Waals surface area contributed by atoms with Gasteiger partial charge in [0, 0.05) is 23.8 Å². The van der Waals surface area contributed by atoms with Gasteiger partial charge in [0.15, 0.2) is 0 Å². The molecular weight excluding hydrogens is 228 g/mol. The minimum absolute atomic E-state index is 0.0306. The van der Waals surface area contributed by atoms with Crippen LogP contribution in [0.2, 0.25) is 0 Å². The molecule has 1 aromatic rings. The van der Waals surface area contributed by atoms with Gasteiger partial charge in [-0.2, -0.15) is 0 Å². The summed E-state index contributed by atoms with van der Waals surface area (Å²) in [6.07, 6.45) is 3.07. The van der Waals surface area contributed by atoms with Crippen LogP contribution >= 0.6 is 0 Å². The Hall–Kier alpha value is -1.13. The third-order valence-electron chi connectivity index (χ3n) is 3.75. The number of hydrogen-bond acceptors (Lipinski definition) is 3. The summed E-state index contributed by atoms with van der Waals surface area (Å²) in [5.41, 5.74) is 2.20. The fraction of sp³-hybridized carbons (Fsp3) is 0.643. The first-order chi connectivity index (χ1) is 8.61. The molecule has 0 radical (unpaired) electrons. The van der Waals surface area contributed by atoms with Crippen LogP contribution in [0.3, 0.4) is 0 Å². The molecule has 2 unspecified atom stereocenters. The van der Waals surface area contributed by atoms with Crippen molar-refractivity contribution in [2.75, 3.05) is 6.61 Å². The zero-order valence-corrected chi connectivity index (χ0v) is 11.1. The molecule has 1 heterocycles. The summed E-state index contributed by atoms with van der Waals surface area (Å²) in [6, 6.07) is 3.85. The molecule has 2 atom stereocenters. The van der Waals surface area contributed by atoms with Gasteiger partial charge < -0.3 is 15.4 Å². The van der Waals surface area contributed by atoms with Gasteiger partial charge in [0.2, 0.25) is 5.56 Å². The molecule has 0 fully saturated rings. The lowest BCUT2D eigenvalue weighted by atomic mass is 9.90. The van der Waals surface area contributed by atoms with E-state index in [4.69, 9.17) is 0 Å². The van der Waals surface area contributed by atoms with Crippen molar-refractivity contribution in [3.05, 3.63) is 33.7 Å². The average Bonchev–Trinajstić information content (AvgIpc) is 2.35. The third-order valence-corrected chi connectivity index (χ3v) is 3.75. The van der Waals surface area contributed by atoms with Crippen molar-refractivity contribution in [3.63, 3.8) is 0 Å². The van der Waals surface area contributed by atoms with Gasteiger partial charge in [0.25, 0.3) is 0 Å². The highest BCUT2D eigenvalue weighted by atomic mass is 16.3. The number of aromatic amines is 1. The zero-order chi connectivity index (χ0) is 13.1. The molecular formula is C14H22N2O2. The van der Waals surface area contributed by atoms with E-state index in [1.54, 1.807) is 6.07 Å². The number of H-pyrrole nitrogens is 1. The number of nitrogens with one attached hydrogen (secondary N) is 2. The van der Waals surface area contributed by atoms with Crippen LogP contribution in [-0.4, -0.2) is 22.7 Å². The summed E-state index contributed by atoms with van der Waals surface area (Å²) in [5.74, 6) is 0.392. The smallest absolute Gasteiger partial charge is 0.248 e. The van der Waals surface area contributed by atoms with Crippen LogP contribution in [0, 0.1) is 5.92 Å². The van der Waals surface area contributed by atoms with Crippen LogP contribution in [0.4, 0.5) is 0 Å². The van der Waals surface area contributed by atoms with E-state index < -0.39 is 0 Å². The normalized spacial score (nSPS) is 20.8. The van der Waals surface area contributed by atoms with Gasteiger partial charge in [-0.25, -0.2) is 0 Å². The predicted molar refractivity (Wildman–Crippen MR) is 71.6 cm³/mol. The Morgan fingerprint density at radius 3 is 2.94 bits per heavy atom. The standard InChI is InChI=1S/C14H22N2O2/c1-9(2)13(8-17)15-11-4-3-5-12-10(11)6-7-14(18)16-12/h6-7,9,11,13,15,17H,3-5,8H2,1-2H3,(H,16,18). The topological polar surface area (TPSA) is 65.1 Å². The van der Waals surface area contributed by atoms with E-state index in [-0.39, 0.29) is 24.2 Å². The summed E-state index contributed by atoms with van der Waals surface area (Å²) in [5, 5.41) is 12.9. The first-order valence-corrected chi connectivity index (χ1v) is 6.71. The zero-order valence-electron chi connectivity index (χ0n) is 11.1. The van der Waals surface area contributed by atoms with E-state index in [0.29, 0.717) is 5.92 Å². The predicted octanol–water partition coefficient (Wildman–Crippen LogP) is 1.36. The van der Waals surface area contributed by atoms with Gasteiger partial charge >= 0.3 is 0 Å². The van der Waals surface area contributed by atoms with Crippen molar-refractivity contribution in [1.82, 2.24) is 10.3 Å². The molecule has 18 heavy (non-hydrogen) atoms. The molecule has 0 amide bonds. The lowest BCUT2D eigenvalue weighted by Crippen LogP contribution is -2.41. The molecule has 1 aromatic heterocycles. The second-order valence-corrected chi connectivity index (χ2v) is 5.40. The van der Waals surface area contributed by atoms with Crippen molar-refractivity contribution in [1.29, 1.82) is 0 Å². The van der Waals surface area contributed by atoms with Gasteiger partial charge in [-0.3, -0.25) is 4.79 Å². The summed E-state index contributed by atoms with van der Waals surface area (Å²) in [7, 11) is 0. The van der Waals surface area contributed by atoms with Gasteiger partial charge in [-0.15, -0.1) is 0 Å². The Morgan fingerprint density at radius 2 is 2.28 bits per heavy atom. The Bertz CT molecular complexity index is 453. The van der Waals surface area contributed by atoms with Crippen LogP contribution < -0.4 is 10.9 Å². The van der Waals surface area contributed by atoms with Crippen molar-refractivity contribution in [2.24, 2.45) is 5.92 Å². The fourth-order valence-corrected chi connectivity index (χ4v) is 2.59. The fourth-order valence-electron chi connectivity index (χ4n) is 2.59. The maximum Gasteiger partial charge on any atom is 0.248 e. The number of fused-ring (bicyclic) bond motifs is 1. The molecule has 0 bridgehead atoms. The summed E-state index contributed by atoms with van der Waals surface area (Å²) < 4.78 is 0. The molecule has 0 aliphatic heterocycles. The molecule has 4 nitrogen and oxygen atoms in total. The Balaban J connectivity index is 2.19. The highest BCUT2D eigenvalue weighted by Crippen LogP contribution is 2.28. The number of pyridine rings is 1. The van der Waals surface area contributed by atoms with Crippen LogP contribution in [0.15, 0.2) is 16.9 Å². The van der Waals surface area contributed by atoms with E-state index in [9.17, 15) is 9.90 Å². The molecule has 1 aliphatic rings. The minimum atomic E-state index is -0.0306. The van der Waals surface area contributed by atoms with Gasteiger partial charge in [-0.05, 0) is 30.7 Å². The molecule has 3 N–H and O–H groups in total. The monoisotopic (exact) mass is 250 g/mol. The van der Waals surface area contributed by atoms with E-state index in [1.165, 1.54) is 5.56 Å². The number of rotatable bonds is 4.